The zero-order valence-corrected chi connectivity index (χ0v) is 58.9. The quantitative estimate of drug-likeness (QED) is 0.0229. The van der Waals surface area contributed by atoms with Gasteiger partial charge in [-0.3, -0.25) is 33.8 Å². The number of unbranched alkanes of at least 4 members (excludes halogenated alkanes) is 3. The molecule has 0 bridgehead atoms. The number of pyridine rings is 2. The number of fused-ring (bicyclic) bond motifs is 2. The minimum atomic E-state index is -2.24. The number of nitrogens with two attached hydrogens (primary N) is 2. The molecule has 0 aliphatic carbocycles. The van der Waals surface area contributed by atoms with Crippen molar-refractivity contribution in [2.24, 2.45) is 11.5 Å². The predicted octanol–water partition coefficient (Wildman–Crippen LogP) is 15.7. The van der Waals surface area contributed by atoms with Crippen LogP contribution in [0.25, 0.3) is 32.7 Å². The summed E-state index contributed by atoms with van der Waals surface area (Å²) in [5, 5.41) is 11.4. The van der Waals surface area contributed by atoms with Gasteiger partial charge in [-0.1, -0.05) is 125 Å². The summed E-state index contributed by atoms with van der Waals surface area (Å²) in [6.07, 6.45) is 13.1. The Morgan fingerprint density at radius 1 is 0.533 bits per heavy atom. The van der Waals surface area contributed by atoms with Crippen molar-refractivity contribution in [1.29, 1.82) is 0 Å². The molecule has 0 radical (unpaired) electrons. The van der Waals surface area contributed by atoms with Gasteiger partial charge in [-0.25, -0.2) is 0 Å². The van der Waals surface area contributed by atoms with E-state index in [1.54, 1.807) is 58.2 Å². The summed E-state index contributed by atoms with van der Waals surface area (Å²) in [5.41, 5.74) is 16.0. The first-order chi connectivity index (χ1) is 42.8. The minimum absolute atomic E-state index is 0.106. The van der Waals surface area contributed by atoms with Crippen LogP contribution in [0.1, 0.15) is 166 Å². The Bertz CT molecular complexity index is 3850. The van der Waals surface area contributed by atoms with Crippen LogP contribution >= 0.6 is 15.9 Å². The number of aromatic nitrogens is 2. The molecule has 2 heterocycles. The summed E-state index contributed by atoms with van der Waals surface area (Å²) >= 11 is 1.23. The van der Waals surface area contributed by atoms with Crippen molar-refractivity contribution in [3.63, 3.8) is 0 Å². The minimum Gasteiger partial charge on any atom is -0.494 e. The molecule has 15 nitrogen and oxygen atoms in total. The van der Waals surface area contributed by atoms with Crippen LogP contribution in [-0.4, -0.2) is 84.8 Å². The molecule has 17 heteroatoms. The molecule has 4 amide bonds. The fraction of sp³-hybridized carbons (Fsp3) is 0.342. The Hall–Kier alpha value is -7.96. The van der Waals surface area contributed by atoms with Crippen LogP contribution in [0.5, 0.6) is 11.5 Å². The average molecular weight is 1390 g/mol. The topological polar surface area (TPSA) is 235 Å². The van der Waals surface area contributed by atoms with Gasteiger partial charge in [0.1, 0.15) is 0 Å². The molecule has 6 aromatic carbocycles. The number of nitrogens with one attached hydrogen (secondary N) is 3. The zero-order valence-electron chi connectivity index (χ0n) is 54.5. The molecule has 0 spiro atoms. The normalized spacial score (nSPS) is 11.4. The molecule has 8 rings (SSSR count). The number of primary amides is 2. The fourth-order valence-corrected chi connectivity index (χ4v) is 27.1. The van der Waals surface area contributed by atoms with Crippen molar-refractivity contribution in [3.8, 4) is 22.6 Å². The molecule has 7 N–H and O–H groups in total. The number of rotatable bonds is 23. The SMILES string of the molecule is CCC[CH2][Sn]([CH2]CCC)([CH2]CCC)[c]1ccc(NC)nc1.CCc1ccc(-c2ccc(C(=O)C(=O)Nc3cc(C(C)(C)C)cc(C(N)=O)c3OC)c3ccccc23)cn1.COc1c(NC(=O)C(=O)c2ccc(Br)c3ccccc23)cc(C(C)(C)C)cc1C(N)=O. The van der Waals surface area contributed by atoms with E-state index in [1.165, 1.54) is 66.1 Å². The number of anilines is 3. The second-order valence-corrected chi connectivity index (χ2v) is 38.6. The Balaban J connectivity index is 0.000000224. The molecule has 0 unspecified atom stereocenters. The summed E-state index contributed by atoms with van der Waals surface area (Å²) < 4.78 is 17.8. The van der Waals surface area contributed by atoms with Crippen LogP contribution in [0.4, 0.5) is 17.2 Å². The number of aryl methyl sites for hydroxylation is 1. The van der Waals surface area contributed by atoms with Crippen molar-refractivity contribution in [1.82, 2.24) is 9.97 Å². The maximum Gasteiger partial charge on any atom is 0.296 e. The first-order valence-electron chi connectivity index (χ1n) is 30.9. The summed E-state index contributed by atoms with van der Waals surface area (Å²) in [7, 11) is 4.70. The van der Waals surface area contributed by atoms with Crippen molar-refractivity contribution < 1.29 is 38.2 Å². The van der Waals surface area contributed by atoms with E-state index in [9.17, 15) is 28.8 Å². The monoisotopic (exact) mass is 1390 g/mol. The molecule has 474 valence electrons. The van der Waals surface area contributed by atoms with Crippen LogP contribution in [0.15, 0.2) is 138 Å². The van der Waals surface area contributed by atoms with E-state index in [4.69, 9.17) is 20.9 Å². The van der Waals surface area contributed by atoms with Gasteiger partial charge in [0.2, 0.25) is 0 Å². The second-order valence-electron chi connectivity index (χ2n) is 24.5. The molecule has 0 aliphatic rings. The van der Waals surface area contributed by atoms with E-state index in [-0.39, 0.29) is 56.0 Å². The van der Waals surface area contributed by atoms with Crippen LogP contribution in [0.3, 0.4) is 0 Å². The summed E-state index contributed by atoms with van der Waals surface area (Å²) in [6.45, 7) is 20.8. The van der Waals surface area contributed by atoms with E-state index in [1.807, 2.05) is 116 Å². The molecule has 2 aromatic heterocycles. The van der Waals surface area contributed by atoms with Gasteiger partial charge in [0.05, 0.1) is 36.7 Å². The number of carbonyl (C=O) groups excluding carboxylic acids is 6. The van der Waals surface area contributed by atoms with Crippen molar-refractivity contribution in [2.75, 3.05) is 37.2 Å². The third-order valence-electron chi connectivity index (χ3n) is 16.2. The summed E-state index contributed by atoms with van der Waals surface area (Å²) in [6, 6.07) is 36.8. The van der Waals surface area contributed by atoms with Gasteiger partial charge in [0.25, 0.3) is 35.2 Å². The number of halogens is 1. The number of Topliss-reactive ketones (excluding diaryl/α,β-unsaturated/α-hetero) is 2. The third kappa shape index (κ3) is 17.5. The van der Waals surface area contributed by atoms with E-state index in [2.05, 4.69) is 80.9 Å². The zero-order chi connectivity index (χ0) is 66.1. The molecule has 0 saturated carbocycles. The van der Waals surface area contributed by atoms with Crippen LogP contribution in [0, 0.1) is 0 Å². The molecule has 0 atom stereocenters. The van der Waals surface area contributed by atoms with Crippen LogP contribution < -0.4 is 40.5 Å². The van der Waals surface area contributed by atoms with Crippen molar-refractivity contribution in [3.05, 3.63) is 177 Å². The number of hydrogen-bond acceptors (Lipinski definition) is 11. The first-order valence-corrected chi connectivity index (χ1v) is 39.1. The number of hydrogen-bond donors (Lipinski definition) is 5. The van der Waals surface area contributed by atoms with Crippen LogP contribution in [0.2, 0.25) is 13.3 Å². The molecule has 0 fully saturated rings. The summed E-state index contributed by atoms with van der Waals surface area (Å²) in [5.74, 6) is -3.27. The largest absolute Gasteiger partial charge is 0.494 e. The Kier molecular flexibility index (Phi) is 25.4. The number of nitrogens with zero attached hydrogens (tertiary/aromatic N) is 2. The standard InChI is InChI=1S/C31H31N3O4.C24H23BrN2O4.C6H7N2.3C4H9.Sn/c1-6-20-12-11-18(17-33-20)21-13-14-24(23-10-8-7-9-22(21)23)27(35)30(37)34-26-16-19(31(2,3)4)15-25(29(32)36)28(26)38-5;1-24(2,3)13-11-17(22(26)29)21(31-4)19(12-13)27-23(30)20(28)16-9-10-18(25)15-8-6-5-7-14(15)16;1-7-6-4-2-3-5-8-6;3*1-3-4-2;/h7-17H,6H2,1-5H3,(H2,32,36)(H,34,37);5-12H,1-4H3,(H2,26,29)(H,27,30);2,4-5H,1H3,(H,7,8);3*1,3-4H2,2H3;. The number of benzene rings is 6. The van der Waals surface area contributed by atoms with Gasteiger partial charge in [-0.05, 0) is 104 Å². The van der Waals surface area contributed by atoms with Gasteiger partial charge in [0, 0.05) is 33.1 Å². The van der Waals surface area contributed by atoms with Gasteiger partial charge in [-0.15, -0.1) is 0 Å². The Morgan fingerprint density at radius 2 is 0.989 bits per heavy atom. The van der Waals surface area contributed by atoms with E-state index >= 15 is 0 Å². The maximum absolute atomic E-state index is 13.4. The van der Waals surface area contributed by atoms with Gasteiger partial charge in [0.15, 0.2) is 11.5 Å². The van der Waals surface area contributed by atoms with E-state index in [0.717, 1.165) is 55.4 Å². The summed E-state index contributed by atoms with van der Waals surface area (Å²) in [4.78, 5) is 85.9. The van der Waals surface area contributed by atoms with Gasteiger partial charge < -0.3 is 31.6 Å². The first kappa shape index (κ1) is 71.1. The second kappa shape index (κ2) is 32.2. The number of ether oxygens (including phenoxy) is 2. The molecule has 0 saturated heterocycles. The molecule has 8 aromatic rings. The van der Waals surface area contributed by atoms with Crippen molar-refractivity contribution >= 4 is 112 Å². The average Bonchev–Trinajstić information content (AvgIpc) is 1.16. The Labute approximate surface area is 543 Å². The van der Waals surface area contributed by atoms with Crippen LogP contribution in [-0.2, 0) is 26.8 Å². The number of ketones is 2. The van der Waals surface area contributed by atoms with E-state index in [0.29, 0.717) is 10.8 Å². The number of amides is 4. The van der Waals surface area contributed by atoms with Gasteiger partial charge >= 0.3 is 136 Å². The van der Waals surface area contributed by atoms with Gasteiger partial charge in [-0.2, -0.15) is 0 Å². The molecule has 90 heavy (non-hydrogen) atoms. The Morgan fingerprint density at radius 3 is 1.38 bits per heavy atom. The molecule has 0 aliphatic heterocycles. The number of methoxy groups -OCH3 is 2. The van der Waals surface area contributed by atoms with E-state index < -0.39 is 53.6 Å². The predicted molar refractivity (Wildman–Crippen MR) is 373 cm³/mol. The van der Waals surface area contributed by atoms with Crippen molar-refractivity contribution in [2.45, 2.75) is 138 Å². The molecular weight excluding hydrogens is 1300 g/mol. The fourth-order valence-electron chi connectivity index (χ4n) is 10.9. The third-order valence-corrected chi connectivity index (χ3v) is 32.5. The number of carbonyl (C=O) groups is 6. The smallest absolute Gasteiger partial charge is 0.296 e. The maximum atomic E-state index is 13.4. The molecular formula is C73H88BrN7O8Sn.